The first-order chi connectivity index (χ1) is 9.69. The maximum atomic E-state index is 5.96. The smallest absolute Gasteiger partial charge is 0.119 e. The van der Waals surface area contributed by atoms with Crippen molar-refractivity contribution in [2.45, 2.75) is 26.8 Å². The first kappa shape index (κ1) is 14.7. The molecule has 2 aromatic carbocycles. The van der Waals surface area contributed by atoms with Gasteiger partial charge in [-0.1, -0.05) is 24.6 Å². The molecule has 0 aliphatic heterocycles. The van der Waals surface area contributed by atoms with Crippen molar-refractivity contribution in [3.05, 3.63) is 58.6 Å². The van der Waals surface area contributed by atoms with Crippen LogP contribution >= 0.6 is 11.6 Å². The average Bonchev–Trinajstić information content (AvgIpc) is 2.45. The molecule has 0 saturated carbocycles. The van der Waals surface area contributed by atoms with Crippen LogP contribution in [0.5, 0.6) is 5.75 Å². The minimum atomic E-state index is 0.761. The molecule has 0 heterocycles. The third kappa shape index (κ3) is 4.17. The Morgan fingerprint density at radius 3 is 2.50 bits per heavy atom. The van der Waals surface area contributed by atoms with E-state index in [1.165, 1.54) is 11.1 Å². The van der Waals surface area contributed by atoms with Crippen molar-refractivity contribution < 1.29 is 4.74 Å². The SMILES string of the molecule is CCCOc1ccc(NCc2ccc(Cl)cc2C)cc1. The molecule has 2 nitrogen and oxygen atoms in total. The molecular formula is C17H20ClNO. The van der Waals surface area contributed by atoms with Crippen molar-refractivity contribution in [3.63, 3.8) is 0 Å². The van der Waals surface area contributed by atoms with Crippen molar-refractivity contribution in [1.29, 1.82) is 0 Å². The van der Waals surface area contributed by atoms with Crippen molar-refractivity contribution >= 4 is 17.3 Å². The zero-order valence-corrected chi connectivity index (χ0v) is 12.7. The van der Waals surface area contributed by atoms with Crippen LogP contribution in [0.25, 0.3) is 0 Å². The largest absolute Gasteiger partial charge is 0.494 e. The van der Waals surface area contributed by atoms with E-state index in [0.29, 0.717) is 0 Å². The van der Waals surface area contributed by atoms with Crippen LogP contribution in [0, 0.1) is 6.92 Å². The van der Waals surface area contributed by atoms with E-state index in [0.717, 1.165) is 36.0 Å². The Balaban J connectivity index is 1.93. The van der Waals surface area contributed by atoms with E-state index in [9.17, 15) is 0 Å². The van der Waals surface area contributed by atoms with Crippen LogP contribution < -0.4 is 10.1 Å². The van der Waals surface area contributed by atoms with Gasteiger partial charge in [-0.15, -0.1) is 0 Å². The third-order valence-corrected chi connectivity index (χ3v) is 3.35. The van der Waals surface area contributed by atoms with Gasteiger partial charge in [0, 0.05) is 17.3 Å². The van der Waals surface area contributed by atoms with Crippen LogP contribution in [-0.4, -0.2) is 6.61 Å². The summed E-state index contributed by atoms with van der Waals surface area (Å²) in [6.45, 7) is 5.73. The summed E-state index contributed by atoms with van der Waals surface area (Å²) in [7, 11) is 0. The van der Waals surface area contributed by atoms with Crippen molar-refractivity contribution in [2.75, 3.05) is 11.9 Å². The van der Waals surface area contributed by atoms with Crippen LogP contribution in [0.1, 0.15) is 24.5 Å². The molecule has 0 aliphatic rings. The lowest BCUT2D eigenvalue weighted by atomic mass is 10.1. The second-order valence-corrected chi connectivity index (χ2v) is 5.23. The van der Waals surface area contributed by atoms with Crippen LogP contribution in [0.15, 0.2) is 42.5 Å². The van der Waals surface area contributed by atoms with Gasteiger partial charge in [-0.2, -0.15) is 0 Å². The molecule has 0 bridgehead atoms. The summed E-state index contributed by atoms with van der Waals surface area (Å²) in [5, 5.41) is 4.19. The standard InChI is InChI=1S/C17H20ClNO/c1-3-10-20-17-8-6-16(7-9-17)19-12-14-4-5-15(18)11-13(14)2/h4-9,11,19H,3,10,12H2,1-2H3. The molecule has 0 fully saturated rings. The third-order valence-electron chi connectivity index (χ3n) is 3.11. The van der Waals surface area contributed by atoms with Crippen LogP contribution in [0.2, 0.25) is 5.02 Å². The second-order valence-electron chi connectivity index (χ2n) is 4.80. The second kappa shape index (κ2) is 7.20. The van der Waals surface area contributed by atoms with E-state index in [2.05, 4.69) is 25.2 Å². The van der Waals surface area contributed by atoms with Crippen molar-refractivity contribution in [3.8, 4) is 5.75 Å². The first-order valence-corrected chi connectivity index (χ1v) is 7.28. The Kier molecular flexibility index (Phi) is 5.31. The number of anilines is 1. The van der Waals surface area contributed by atoms with Gasteiger partial charge in [0.1, 0.15) is 5.75 Å². The summed E-state index contributed by atoms with van der Waals surface area (Å²) in [6.07, 6.45) is 1.02. The van der Waals surface area contributed by atoms with Gasteiger partial charge in [-0.05, 0) is 60.9 Å². The highest BCUT2D eigenvalue weighted by molar-refractivity contribution is 6.30. The summed E-state index contributed by atoms with van der Waals surface area (Å²) in [6, 6.07) is 14.0. The number of rotatable bonds is 6. The number of hydrogen-bond donors (Lipinski definition) is 1. The molecule has 0 amide bonds. The lowest BCUT2D eigenvalue weighted by molar-refractivity contribution is 0.317. The minimum Gasteiger partial charge on any atom is -0.494 e. The van der Waals surface area contributed by atoms with Gasteiger partial charge >= 0.3 is 0 Å². The molecule has 106 valence electrons. The zero-order valence-electron chi connectivity index (χ0n) is 11.9. The summed E-state index contributed by atoms with van der Waals surface area (Å²) < 4.78 is 5.56. The minimum absolute atomic E-state index is 0.761. The molecule has 20 heavy (non-hydrogen) atoms. The average molecular weight is 290 g/mol. The summed E-state index contributed by atoms with van der Waals surface area (Å²) in [5.41, 5.74) is 3.54. The van der Waals surface area contributed by atoms with Gasteiger partial charge in [0.05, 0.1) is 6.61 Å². The molecule has 0 aromatic heterocycles. The molecule has 0 aliphatic carbocycles. The highest BCUT2D eigenvalue weighted by Gasteiger charge is 2.00. The zero-order chi connectivity index (χ0) is 14.4. The number of aryl methyl sites for hydroxylation is 1. The number of ether oxygens (including phenoxy) is 1. The lowest BCUT2D eigenvalue weighted by Crippen LogP contribution is -2.01. The van der Waals surface area contributed by atoms with E-state index in [1.54, 1.807) is 0 Å². The molecule has 2 rings (SSSR count). The molecule has 2 aromatic rings. The van der Waals surface area contributed by atoms with Crippen molar-refractivity contribution in [2.24, 2.45) is 0 Å². The lowest BCUT2D eigenvalue weighted by Gasteiger charge is -2.10. The Morgan fingerprint density at radius 2 is 1.85 bits per heavy atom. The van der Waals surface area contributed by atoms with E-state index in [1.807, 2.05) is 36.4 Å². The molecule has 1 N–H and O–H groups in total. The molecule has 0 atom stereocenters. The highest BCUT2D eigenvalue weighted by atomic mass is 35.5. The Morgan fingerprint density at radius 1 is 1.10 bits per heavy atom. The summed E-state index contributed by atoms with van der Waals surface area (Å²) >= 11 is 5.96. The topological polar surface area (TPSA) is 21.3 Å². The van der Waals surface area contributed by atoms with Crippen LogP contribution in [-0.2, 0) is 6.54 Å². The first-order valence-electron chi connectivity index (χ1n) is 6.91. The van der Waals surface area contributed by atoms with Crippen molar-refractivity contribution in [1.82, 2.24) is 0 Å². The highest BCUT2D eigenvalue weighted by Crippen LogP contribution is 2.19. The molecular weight excluding hydrogens is 270 g/mol. The van der Waals surface area contributed by atoms with E-state index in [4.69, 9.17) is 16.3 Å². The van der Waals surface area contributed by atoms with Gasteiger partial charge < -0.3 is 10.1 Å². The van der Waals surface area contributed by atoms with Gasteiger partial charge in [0.25, 0.3) is 0 Å². The normalized spacial score (nSPS) is 10.3. The molecule has 0 spiro atoms. The fourth-order valence-corrected chi connectivity index (χ4v) is 2.17. The summed E-state index contributed by atoms with van der Waals surface area (Å²) in [5.74, 6) is 0.917. The van der Waals surface area contributed by atoms with Gasteiger partial charge in [0.2, 0.25) is 0 Å². The van der Waals surface area contributed by atoms with E-state index >= 15 is 0 Å². The summed E-state index contributed by atoms with van der Waals surface area (Å²) in [4.78, 5) is 0. The predicted octanol–water partition coefficient (Wildman–Crippen LogP) is 5.05. The predicted molar refractivity (Wildman–Crippen MR) is 85.7 cm³/mol. The fraction of sp³-hybridized carbons (Fsp3) is 0.294. The molecule has 0 unspecified atom stereocenters. The number of halogens is 1. The number of nitrogens with one attached hydrogen (secondary N) is 1. The monoisotopic (exact) mass is 289 g/mol. The van der Waals surface area contributed by atoms with Gasteiger partial charge in [-0.25, -0.2) is 0 Å². The number of benzene rings is 2. The maximum Gasteiger partial charge on any atom is 0.119 e. The molecule has 0 saturated heterocycles. The fourth-order valence-electron chi connectivity index (χ4n) is 1.94. The van der Waals surface area contributed by atoms with Crippen LogP contribution in [0.3, 0.4) is 0 Å². The van der Waals surface area contributed by atoms with Crippen LogP contribution in [0.4, 0.5) is 5.69 Å². The quantitative estimate of drug-likeness (QED) is 0.803. The Hall–Kier alpha value is -1.67. The van der Waals surface area contributed by atoms with E-state index < -0.39 is 0 Å². The molecule has 0 radical (unpaired) electrons. The Bertz CT molecular complexity index is 551. The van der Waals surface area contributed by atoms with E-state index in [-0.39, 0.29) is 0 Å². The van der Waals surface area contributed by atoms with Gasteiger partial charge in [0.15, 0.2) is 0 Å². The Labute approximate surface area is 125 Å². The maximum absolute atomic E-state index is 5.96. The van der Waals surface area contributed by atoms with Gasteiger partial charge in [-0.3, -0.25) is 0 Å². The molecule has 3 heteroatoms. The number of hydrogen-bond acceptors (Lipinski definition) is 2.